The predicted molar refractivity (Wildman–Crippen MR) is 85.5 cm³/mol. The van der Waals surface area contributed by atoms with Gasteiger partial charge in [0, 0.05) is 12.0 Å². The lowest BCUT2D eigenvalue weighted by Gasteiger charge is -2.20. The van der Waals surface area contributed by atoms with Crippen molar-refractivity contribution in [3.05, 3.63) is 11.7 Å². The van der Waals surface area contributed by atoms with Gasteiger partial charge in [-0.2, -0.15) is 4.98 Å². The van der Waals surface area contributed by atoms with Gasteiger partial charge in [0.05, 0.1) is 5.92 Å². The third-order valence-corrected chi connectivity index (χ3v) is 5.03. The first kappa shape index (κ1) is 16.5. The van der Waals surface area contributed by atoms with E-state index < -0.39 is 0 Å². The number of aromatic nitrogens is 2. The Morgan fingerprint density at radius 2 is 2.10 bits per heavy atom. The zero-order valence-electron chi connectivity index (χ0n) is 14.1. The number of nitrogens with zero attached hydrogens (tertiary/aromatic N) is 2. The first-order chi connectivity index (χ1) is 10.2. The van der Waals surface area contributed by atoms with Crippen LogP contribution >= 0.6 is 0 Å². The monoisotopic (exact) mass is 293 g/mol. The zero-order valence-corrected chi connectivity index (χ0v) is 14.1. The molecule has 4 unspecified atom stereocenters. The Morgan fingerprint density at radius 1 is 1.29 bits per heavy atom. The van der Waals surface area contributed by atoms with Gasteiger partial charge in [-0.15, -0.1) is 0 Å². The molecule has 0 spiro atoms. The normalized spacial score (nSPS) is 25.1. The highest BCUT2D eigenvalue weighted by atomic mass is 16.5. The molecule has 0 aromatic carbocycles. The summed E-state index contributed by atoms with van der Waals surface area (Å²) in [5.74, 6) is 3.40. The summed E-state index contributed by atoms with van der Waals surface area (Å²) < 4.78 is 5.57. The highest BCUT2D eigenvalue weighted by Gasteiger charge is 2.30. The number of hydrogen-bond donors (Lipinski definition) is 1. The molecule has 4 atom stereocenters. The fourth-order valence-corrected chi connectivity index (χ4v) is 3.45. The van der Waals surface area contributed by atoms with Crippen LogP contribution in [0.15, 0.2) is 4.52 Å². The summed E-state index contributed by atoms with van der Waals surface area (Å²) >= 11 is 0. The molecule has 0 bridgehead atoms. The minimum absolute atomic E-state index is 0.283. The molecular weight excluding hydrogens is 262 g/mol. The van der Waals surface area contributed by atoms with Crippen LogP contribution in [0.25, 0.3) is 0 Å². The Morgan fingerprint density at radius 3 is 2.71 bits per heavy atom. The molecule has 0 saturated heterocycles. The predicted octanol–water partition coefficient (Wildman–Crippen LogP) is 4.25. The first-order valence-corrected chi connectivity index (χ1v) is 8.76. The van der Waals surface area contributed by atoms with Crippen LogP contribution in [0, 0.1) is 5.92 Å². The van der Waals surface area contributed by atoms with Gasteiger partial charge in [0.2, 0.25) is 5.89 Å². The second kappa shape index (κ2) is 7.92. The quantitative estimate of drug-likeness (QED) is 0.778. The smallest absolute Gasteiger partial charge is 0.231 e. The van der Waals surface area contributed by atoms with Gasteiger partial charge < -0.3 is 9.84 Å². The number of nitrogens with one attached hydrogen (secondary N) is 1. The zero-order chi connectivity index (χ0) is 15.2. The van der Waals surface area contributed by atoms with Crippen LogP contribution in [0.4, 0.5) is 0 Å². The Hall–Kier alpha value is -0.900. The van der Waals surface area contributed by atoms with E-state index in [2.05, 4.69) is 38.2 Å². The second-order valence-electron chi connectivity index (χ2n) is 6.53. The van der Waals surface area contributed by atoms with E-state index in [0.717, 1.165) is 37.0 Å². The SMILES string of the molecule is CCCNC(CC)C(C)c1nc(C2CCC(CC)C2)no1. The van der Waals surface area contributed by atoms with Crippen molar-refractivity contribution < 1.29 is 4.52 Å². The average molecular weight is 293 g/mol. The van der Waals surface area contributed by atoms with E-state index in [-0.39, 0.29) is 5.92 Å². The minimum Gasteiger partial charge on any atom is -0.339 e. The average Bonchev–Trinajstić information content (AvgIpc) is 3.16. The van der Waals surface area contributed by atoms with Crippen molar-refractivity contribution in [1.82, 2.24) is 15.5 Å². The maximum atomic E-state index is 5.57. The van der Waals surface area contributed by atoms with Crippen molar-refractivity contribution in [3.8, 4) is 0 Å². The Kier molecular flexibility index (Phi) is 6.22. The van der Waals surface area contributed by atoms with Crippen molar-refractivity contribution in [2.24, 2.45) is 5.92 Å². The van der Waals surface area contributed by atoms with Crippen LogP contribution in [0.2, 0.25) is 0 Å². The molecule has 1 heterocycles. The fourth-order valence-electron chi connectivity index (χ4n) is 3.45. The molecule has 120 valence electrons. The topological polar surface area (TPSA) is 51.0 Å². The molecule has 2 rings (SSSR count). The molecule has 21 heavy (non-hydrogen) atoms. The summed E-state index contributed by atoms with van der Waals surface area (Å²) in [6.07, 6.45) is 7.28. The van der Waals surface area contributed by atoms with Crippen molar-refractivity contribution in [3.63, 3.8) is 0 Å². The van der Waals surface area contributed by atoms with Crippen LogP contribution in [-0.2, 0) is 0 Å². The van der Waals surface area contributed by atoms with Gasteiger partial charge in [0.1, 0.15) is 0 Å². The molecule has 0 radical (unpaired) electrons. The van der Waals surface area contributed by atoms with Crippen molar-refractivity contribution in [1.29, 1.82) is 0 Å². The van der Waals surface area contributed by atoms with E-state index in [1.165, 1.54) is 25.7 Å². The van der Waals surface area contributed by atoms with Crippen molar-refractivity contribution in [2.45, 2.75) is 84.1 Å². The minimum atomic E-state index is 0.283. The van der Waals surface area contributed by atoms with Crippen LogP contribution < -0.4 is 5.32 Å². The Balaban J connectivity index is 1.98. The van der Waals surface area contributed by atoms with Crippen LogP contribution in [0.5, 0.6) is 0 Å². The van der Waals surface area contributed by atoms with Crippen molar-refractivity contribution in [2.75, 3.05) is 6.54 Å². The number of hydrogen-bond acceptors (Lipinski definition) is 4. The van der Waals surface area contributed by atoms with E-state index in [0.29, 0.717) is 12.0 Å². The lowest BCUT2D eigenvalue weighted by molar-refractivity contribution is 0.316. The second-order valence-corrected chi connectivity index (χ2v) is 6.53. The molecule has 1 N–H and O–H groups in total. The summed E-state index contributed by atoms with van der Waals surface area (Å²) in [6.45, 7) is 9.92. The molecular formula is C17H31N3O. The summed E-state index contributed by atoms with van der Waals surface area (Å²) in [7, 11) is 0. The lowest BCUT2D eigenvalue weighted by atomic mass is 9.99. The molecule has 1 aromatic heterocycles. The molecule has 1 aliphatic carbocycles. The van der Waals surface area contributed by atoms with Gasteiger partial charge in [0.15, 0.2) is 5.82 Å². The number of rotatable bonds is 8. The molecule has 4 nitrogen and oxygen atoms in total. The van der Waals surface area contributed by atoms with Gasteiger partial charge in [-0.1, -0.05) is 39.3 Å². The molecule has 0 amide bonds. The molecule has 0 aliphatic heterocycles. The molecule has 1 fully saturated rings. The van der Waals surface area contributed by atoms with Crippen LogP contribution in [0.3, 0.4) is 0 Å². The van der Waals surface area contributed by atoms with Crippen LogP contribution in [0.1, 0.15) is 89.8 Å². The van der Waals surface area contributed by atoms with Gasteiger partial charge in [-0.25, -0.2) is 0 Å². The summed E-state index contributed by atoms with van der Waals surface area (Å²) in [4.78, 5) is 4.72. The summed E-state index contributed by atoms with van der Waals surface area (Å²) in [5.41, 5.74) is 0. The maximum absolute atomic E-state index is 5.57. The van der Waals surface area contributed by atoms with Gasteiger partial charge in [0.25, 0.3) is 0 Å². The Bertz CT molecular complexity index is 418. The van der Waals surface area contributed by atoms with E-state index in [1.54, 1.807) is 0 Å². The molecule has 1 aliphatic rings. The molecule has 1 saturated carbocycles. The molecule has 4 heteroatoms. The van der Waals surface area contributed by atoms with E-state index in [1.807, 2.05) is 0 Å². The highest BCUT2D eigenvalue weighted by molar-refractivity contribution is 5.03. The maximum Gasteiger partial charge on any atom is 0.231 e. The summed E-state index contributed by atoms with van der Waals surface area (Å²) in [6, 6.07) is 0.421. The van der Waals surface area contributed by atoms with Crippen molar-refractivity contribution >= 4 is 0 Å². The van der Waals surface area contributed by atoms with E-state index in [4.69, 9.17) is 9.51 Å². The Labute approximate surface area is 129 Å². The standard InChI is InChI=1S/C17H31N3O/c1-5-10-18-15(7-3)12(4)17-19-16(20-21-17)14-9-8-13(6-2)11-14/h12-15,18H,5-11H2,1-4H3. The fraction of sp³-hybridized carbons (Fsp3) is 0.882. The lowest BCUT2D eigenvalue weighted by Crippen LogP contribution is -2.33. The first-order valence-electron chi connectivity index (χ1n) is 8.76. The van der Waals surface area contributed by atoms with Gasteiger partial charge >= 0.3 is 0 Å². The van der Waals surface area contributed by atoms with Gasteiger partial charge in [-0.05, 0) is 44.6 Å². The third-order valence-electron chi connectivity index (χ3n) is 5.03. The largest absolute Gasteiger partial charge is 0.339 e. The van der Waals surface area contributed by atoms with E-state index >= 15 is 0 Å². The van der Waals surface area contributed by atoms with E-state index in [9.17, 15) is 0 Å². The summed E-state index contributed by atoms with van der Waals surface area (Å²) in [5, 5.41) is 7.86. The molecule has 1 aromatic rings. The van der Waals surface area contributed by atoms with Gasteiger partial charge in [-0.3, -0.25) is 0 Å². The third kappa shape index (κ3) is 4.06. The van der Waals surface area contributed by atoms with Crippen LogP contribution in [-0.4, -0.2) is 22.7 Å². The highest BCUT2D eigenvalue weighted by Crippen LogP contribution is 2.38.